The molecule has 2 aromatic rings. The Hall–Kier alpha value is -1.87. The summed E-state index contributed by atoms with van der Waals surface area (Å²) in [5, 5.41) is 0. The summed E-state index contributed by atoms with van der Waals surface area (Å²) in [5.74, 6) is -0.224. The topological polar surface area (TPSA) is 29.3 Å². The van der Waals surface area contributed by atoms with E-state index < -0.39 is 0 Å². The minimum atomic E-state index is -0.224. The van der Waals surface area contributed by atoms with Gasteiger partial charge in [0.1, 0.15) is 5.82 Å². The van der Waals surface area contributed by atoms with E-state index in [1.807, 2.05) is 30.3 Å². The van der Waals surface area contributed by atoms with Gasteiger partial charge >= 0.3 is 0 Å². The molecule has 2 N–H and O–H groups in total. The number of benzene rings is 2. The second kappa shape index (κ2) is 6.53. The molecule has 3 heteroatoms. The van der Waals surface area contributed by atoms with Gasteiger partial charge in [0, 0.05) is 24.0 Å². The van der Waals surface area contributed by atoms with Crippen molar-refractivity contribution < 1.29 is 4.39 Å². The predicted octanol–water partition coefficient (Wildman–Crippen LogP) is 4.39. The molecule has 106 valence electrons. The van der Waals surface area contributed by atoms with Crippen LogP contribution in [0.4, 0.5) is 15.8 Å². The van der Waals surface area contributed by atoms with Crippen LogP contribution in [0.3, 0.4) is 0 Å². The van der Waals surface area contributed by atoms with E-state index in [0.29, 0.717) is 0 Å². The number of rotatable bonds is 5. The molecule has 0 aromatic heterocycles. The van der Waals surface area contributed by atoms with Crippen molar-refractivity contribution in [2.45, 2.75) is 26.3 Å². The van der Waals surface area contributed by atoms with Crippen molar-refractivity contribution in [3.05, 3.63) is 59.9 Å². The largest absolute Gasteiger partial charge is 0.341 e. The molecule has 0 heterocycles. The van der Waals surface area contributed by atoms with Crippen molar-refractivity contribution in [3.8, 4) is 0 Å². The molecule has 0 radical (unpaired) electrons. The van der Waals surface area contributed by atoms with Gasteiger partial charge in [-0.3, -0.25) is 0 Å². The lowest BCUT2D eigenvalue weighted by molar-refractivity contribution is 0.627. The molecule has 0 amide bonds. The molecule has 1 unspecified atom stereocenters. The molecular formula is C17H21FN2. The zero-order valence-electron chi connectivity index (χ0n) is 12.0. The summed E-state index contributed by atoms with van der Waals surface area (Å²) in [6.45, 7) is 4.88. The van der Waals surface area contributed by atoms with Gasteiger partial charge in [-0.25, -0.2) is 4.39 Å². The van der Waals surface area contributed by atoms with Crippen LogP contribution in [-0.4, -0.2) is 6.54 Å². The van der Waals surface area contributed by atoms with Gasteiger partial charge in [-0.05, 0) is 43.2 Å². The van der Waals surface area contributed by atoms with E-state index in [1.54, 1.807) is 12.1 Å². The molecule has 2 aromatic carbocycles. The Labute approximate surface area is 120 Å². The van der Waals surface area contributed by atoms with Crippen LogP contribution < -0.4 is 10.6 Å². The van der Waals surface area contributed by atoms with Gasteiger partial charge in [-0.1, -0.05) is 31.2 Å². The molecule has 0 aliphatic heterocycles. The molecule has 0 saturated carbocycles. The first-order valence-corrected chi connectivity index (χ1v) is 7.05. The average molecular weight is 272 g/mol. The SMILES string of the molecule is CCC(N)c1ccccc1N(CC)c1cccc(F)c1. The summed E-state index contributed by atoms with van der Waals surface area (Å²) in [6, 6.07) is 14.7. The molecule has 0 fully saturated rings. The minimum Gasteiger partial charge on any atom is -0.341 e. The van der Waals surface area contributed by atoms with E-state index in [2.05, 4.69) is 18.7 Å². The smallest absolute Gasteiger partial charge is 0.125 e. The van der Waals surface area contributed by atoms with Crippen LogP contribution in [0.5, 0.6) is 0 Å². The first-order valence-electron chi connectivity index (χ1n) is 7.05. The Morgan fingerprint density at radius 1 is 1.10 bits per heavy atom. The van der Waals surface area contributed by atoms with Crippen LogP contribution in [0, 0.1) is 5.82 Å². The van der Waals surface area contributed by atoms with E-state index in [9.17, 15) is 4.39 Å². The Kier molecular flexibility index (Phi) is 4.74. The van der Waals surface area contributed by atoms with Crippen molar-refractivity contribution in [2.24, 2.45) is 5.73 Å². The summed E-state index contributed by atoms with van der Waals surface area (Å²) in [7, 11) is 0. The van der Waals surface area contributed by atoms with Gasteiger partial charge < -0.3 is 10.6 Å². The van der Waals surface area contributed by atoms with E-state index in [4.69, 9.17) is 5.73 Å². The maximum atomic E-state index is 13.5. The van der Waals surface area contributed by atoms with Crippen LogP contribution >= 0.6 is 0 Å². The number of anilines is 2. The number of para-hydroxylation sites is 1. The third-order valence-corrected chi connectivity index (χ3v) is 3.50. The highest BCUT2D eigenvalue weighted by Crippen LogP contribution is 2.32. The molecule has 0 aliphatic carbocycles. The normalized spacial score (nSPS) is 12.2. The monoisotopic (exact) mass is 272 g/mol. The van der Waals surface area contributed by atoms with Crippen molar-refractivity contribution in [1.29, 1.82) is 0 Å². The number of halogens is 1. The zero-order chi connectivity index (χ0) is 14.5. The van der Waals surface area contributed by atoms with E-state index >= 15 is 0 Å². The van der Waals surface area contributed by atoms with Gasteiger partial charge in [0.25, 0.3) is 0 Å². The maximum Gasteiger partial charge on any atom is 0.125 e. The van der Waals surface area contributed by atoms with Crippen LogP contribution in [0.25, 0.3) is 0 Å². The maximum absolute atomic E-state index is 13.5. The van der Waals surface area contributed by atoms with Gasteiger partial charge in [0.05, 0.1) is 0 Å². The van der Waals surface area contributed by atoms with Gasteiger partial charge in [-0.2, -0.15) is 0 Å². The molecule has 0 bridgehead atoms. The lowest BCUT2D eigenvalue weighted by Crippen LogP contribution is -2.20. The van der Waals surface area contributed by atoms with E-state index in [-0.39, 0.29) is 11.9 Å². The Morgan fingerprint density at radius 2 is 1.85 bits per heavy atom. The second-order valence-electron chi connectivity index (χ2n) is 4.80. The highest BCUT2D eigenvalue weighted by Gasteiger charge is 2.15. The first kappa shape index (κ1) is 14.5. The van der Waals surface area contributed by atoms with Crippen LogP contribution in [0.15, 0.2) is 48.5 Å². The second-order valence-corrected chi connectivity index (χ2v) is 4.80. The summed E-state index contributed by atoms with van der Waals surface area (Å²) < 4.78 is 13.5. The molecule has 2 rings (SSSR count). The zero-order valence-corrected chi connectivity index (χ0v) is 12.0. The Bertz CT molecular complexity index is 568. The third-order valence-electron chi connectivity index (χ3n) is 3.50. The lowest BCUT2D eigenvalue weighted by Gasteiger charge is -2.27. The first-order chi connectivity index (χ1) is 9.67. The van der Waals surface area contributed by atoms with E-state index in [1.165, 1.54) is 6.07 Å². The fourth-order valence-corrected chi connectivity index (χ4v) is 2.40. The summed E-state index contributed by atoms with van der Waals surface area (Å²) >= 11 is 0. The number of hydrogen-bond acceptors (Lipinski definition) is 2. The molecular weight excluding hydrogens is 251 g/mol. The van der Waals surface area contributed by atoms with Gasteiger partial charge in [0.15, 0.2) is 0 Å². The molecule has 20 heavy (non-hydrogen) atoms. The van der Waals surface area contributed by atoms with Crippen molar-refractivity contribution in [1.82, 2.24) is 0 Å². The highest BCUT2D eigenvalue weighted by atomic mass is 19.1. The number of hydrogen-bond donors (Lipinski definition) is 1. The van der Waals surface area contributed by atoms with Crippen LogP contribution in [-0.2, 0) is 0 Å². The van der Waals surface area contributed by atoms with Crippen LogP contribution in [0.1, 0.15) is 31.9 Å². The summed E-state index contributed by atoms with van der Waals surface area (Å²) in [5.41, 5.74) is 9.19. The van der Waals surface area contributed by atoms with Gasteiger partial charge in [-0.15, -0.1) is 0 Å². The molecule has 0 saturated heterocycles. The Balaban J connectivity index is 2.47. The molecule has 0 aliphatic rings. The summed E-state index contributed by atoms with van der Waals surface area (Å²) in [4.78, 5) is 2.09. The fraction of sp³-hybridized carbons (Fsp3) is 0.294. The van der Waals surface area contributed by atoms with Crippen molar-refractivity contribution >= 4 is 11.4 Å². The van der Waals surface area contributed by atoms with Gasteiger partial charge in [0.2, 0.25) is 0 Å². The molecule has 0 spiro atoms. The fourth-order valence-electron chi connectivity index (χ4n) is 2.40. The van der Waals surface area contributed by atoms with Crippen molar-refractivity contribution in [2.75, 3.05) is 11.4 Å². The highest BCUT2D eigenvalue weighted by molar-refractivity contribution is 5.67. The van der Waals surface area contributed by atoms with Crippen LogP contribution in [0.2, 0.25) is 0 Å². The van der Waals surface area contributed by atoms with E-state index in [0.717, 1.165) is 29.9 Å². The quantitative estimate of drug-likeness (QED) is 0.874. The molecule has 2 nitrogen and oxygen atoms in total. The summed E-state index contributed by atoms with van der Waals surface area (Å²) in [6.07, 6.45) is 0.873. The average Bonchev–Trinajstić information content (AvgIpc) is 2.48. The lowest BCUT2D eigenvalue weighted by atomic mass is 10.0. The minimum absolute atomic E-state index is 0.00573. The number of nitrogens with zero attached hydrogens (tertiary/aromatic N) is 1. The molecule has 1 atom stereocenters. The standard InChI is InChI=1S/C17H21FN2/c1-3-16(19)15-10-5-6-11-17(15)20(4-2)14-9-7-8-13(18)12-14/h5-12,16H,3-4,19H2,1-2H3. The third kappa shape index (κ3) is 2.99. The Morgan fingerprint density at radius 3 is 2.50 bits per heavy atom. The van der Waals surface area contributed by atoms with Crippen molar-refractivity contribution in [3.63, 3.8) is 0 Å². The predicted molar refractivity (Wildman–Crippen MR) is 82.7 cm³/mol. The number of nitrogens with two attached hydrogens (primary N) is 1.